The summed E-state index contributed by atoms with van der Waals surface area (Å²) in [5.74, 6) is -0.179. The van der Waals surface area contributed by atoms with Gasteiger partial charge in [-0.3, -0.25) is 4.79 Å². The van der Waals surface area contributed by atoms with Crippen LogP contribution in [0.1, 0.15) is 32.1 Å². The fraction of sp³-hybridized carbons (Fsp3) is 0.889. The van der Waals surface area contributed by atoms with E-state index in [9.17, 15) is 9.90 Å². The van der Waals surface area contributed by atoms with Gasteiger partial charge in [0.1, 0.15) is 0 Å². The van der Waals surface area contributed by atoms with Crippen LogP contribution in [0, 0.1) is 5.92 Å². The van der Waals surface area contributed by atoms with E-state index in [0.717, 1.165) is 32.1 Å². The molecule has 3 heteroatoms. The molecule has 0 saturated heterocycles. The second kappa shape index (κ2) is 4.45. The van der Waals surface area contributed by atoms with Gasteiger partial charge in [0.25, 0.3) is 0 Å². The quantitative estimate of drug-likeness (QED) is 0.570. The Kier molecular flexibility index (Phi) is 3.53. The van der Waals surface area contributed by atoms with E-state index in [1.807, 2.05) is 0 Å². The predicted octanol–water partition coefficient (Wildman–Crippen LogP) is 0.674. The van der Waals surface area contributed by atoms with Crippen molar-refractivity contribution in [1.82, 2.24) is 5.32 Å². The second-order valence-corrected chi connectivity index (χ2v) is 3.43. The van der Waals surface area contributed by atoms with Gasteiger partial charge in [0.05, 0.1) is 12.0 Å². The number of aliphatic hydroxyl groups excluding tert-OH is 1. The molecule has 12 heavy (non-hydrogen) atoms. The van der Waals surface area contributed by atoms with Crippen molar-refractivity contribution in [2.75, 3.05) is 7.05 Å². The van der Waals surface area contributed by atoms with Crippen LogP contribution in [0.15, 0.2) is 0 Å². The summed E-state index contributed by atoms with van der Waals surface area (Å²) >= 11 is 0. The minimum absolute atomic E-state index is 0.00981. The number of hydrogen-bond donors (Lipinski definition) is 2. The zero-order valence-corrected chi connectivity index (χ0v) is 7.55. The van der Waals surface area contributed by atoms with Crippen molar-refractivity contribution in [3.8, 4) is 0 Å². The molecule has 0 bridgehead atoms. The molecule has 3 nitrogen and oxygen atoms in total. The Morgan fingerprint density at radius 3 is 2.67 bits per heavy atom. The molecule has 2 N–H and O–H groups in total. The van der Waals surface area contributed by atoms with Crippen LogP contribution in [0.5, 0.6) is 0 Å². The third kappa shape index (κ3) is 2.21. The lowest BCUT2D eigenvalue weighted by atomic mass is 9.96. The highest BCUT2D eigenvalue weighted by molar-refractivity contribution is 5.78. The lowest BCUT2D eigenvalue weighted by molar-refractivity contribution is -0.128. The topological polar surface area (TPSA) is 49.3 Å². The molecule has 2 atom stereocenters. The third-order valence-electron chi connectivity index (χ3n) is 2.56. The molecule has 1 saturated carbocycles. The van der Waals surface area contributed by atoms with Crippen LogP contribution in [-0.2, 0) is 4.79 Å². The summed E-state index contributed by atoms with van der Waals surface area (Å²) in [5, 5.41) is 12.2. The summed E-state index contributed by atoms with van der Waals surface area (Å²) < 4.78 is 0. The standard InChI is InChI=1S/C9H17NO2/c1-10-9(12)7-5-3-2-4-6-8(7)11/h7-8,11H,2-6H2,1H3,(H,10,12). The van der Waals surface area contributed by atoms with Crippen LogP contribution in [0.3, 0.4) is 0 Å². The zero-order valence-electron chi connectivity index (χ0n) is 7.55. The molecule has 1 aliphatic carbocycles. The molecule has 2 unspecified atom stereocenters. The maximum Gasteiger partial charge on any atom is 0.225 e. The van der Waals surface area contributed by atoms with Gasteiger partial charge in [-0.25, -0.2) is 0 Å². The van der Waals surface area contributed by atoms with E-state index in [-0.39, 0.29) is 11.8 Å². The first-order chi connectivity index (χ1) is 5.75. The first-order valence-corrected chi connectivity index (χ1v) is 4.65. The molecule has 0 aromatic carbocycles. The number of aliphatic hydroxyl groups is 1. The number of rotatable bonds is 1. The van der Waals surface area contributed by atoms with Gasteiger partial charge >= 0.3 is 0 Å². The first kappa shape index (κ1) is 9.52. The maximum absolute atomic E-state index is 11.3. The van der Waals surface area contributed by atoms with Crippen molar-refractivity contribution in [3.05, 3.63) is 0 Å². The average Bonchev–Trinajstić information content (AvgIpc) is 2.28. The van der Waals surface area contributed by atoms with E-state index in [1.165, 1.54) is 0 Å². The van der Waals surface area contributed by atoms with Crippen LogP contribution < -0.4 is 5.32 Å². The van der Waals surface area contributed by atoms with Gasteiger partial charge in [0.2, 0.25) is 5.91 Å². The number of hydrogen-bond acceptors (Lipinski definition) is 2. The Hall–Kier alpha value is -0.570. The Morgan fingerprint density at radius 2 is 2.00 bits per heavy atom. The molecular weight excluding hydrogens is 154 g/mol. The normalized spacial score (nSPS) is 30.8. The molecule has 0 aliphatic heterocycles. The van der Waals surface area contributed by atoms with Gasteiger partial charge in [0.15, 0.2) is 0 Å². The third-order valence-corrected chi connectivity index (χ3v) is 2.56. The smallest absolute Gasteiger partial charge is 0.225 e. The number of nitrogens with one attached hydrogen (secondary N) is 1. The van der Waals surface area contributed by atoms with Crippen molar-refractivity contribution < 1.29 is 9.90 Å². The molecule has 1 rings (SSSR count). The minimum Gasteiger partial charge on any atom is -0.392 e. The summed E-state index contributed by atoms with van der Waals surface area (Å²) in [4.78, 5) is 11.3. The lowest BCUT2D eigenvalue weighted by Gasteiger charge is -2.17. The first-order valence-electron chi connectivity index (χ1n) is 4.65. The predicted molar refractivity (Wildman–Crippen MR) is 46.6 cm³/mol. The monoisotopic (exact) mass is 171 g/mol. The molecule has 70 valence electrons. The Bertz CT molecular complexity index is 159. The van der Waals surface area contributed by atoms with Crippen molar-refractivity contribution in [1.29, 1.82) is 0 Å². The fourth-order valence-electron chi connectivity index (χ4n) is 1.78. The van der Waals surface area contributed by atoms with Gasteiger partial charge in [-0.15, -0.1) is 0 Å². The van der Waals surface area contributed by atoms with E-state index in [0.29, 0.717) is 0 Å². The molecule has 1 fully saturated rings. The van der Waals surface area contributed by atoms with Crippen LogP contribution in [0.2, 0.25) is 0 Å². The summed E-state index contributed by atoms with van der Waals surface area (Å²) in [6, 6.07) is 0. The van der Waals surface area contributed by atoms with E-state index < -0.39 is 6.10 Å². The van der Waals surface area contributed by atoms with Crippen LogP contribution in [-0.4, -0.2) is 24.2 Å². The van der Waals surface area contributed by atoms with Crippen molar-refractivity contribution in [2.45, 2.75) is 38.2 Å². The van der Waals surface area contributed by atoms with Gasteiger partial charge in [-0.1, -0.05) is 19.3 Å². The fourth-order valence-corrected chi connectivity index (χ4v) is 1.78. The average molecular weight is 171 g/mol. The lowest BCUT2D eigenvalue weighted by Crippen LogP contribution is -2.34. The summed E-state index contributed by atoms with van der Waals surface area (Å²) in [6.45, 7) is 0. The number of amides is 1. The van der Waals surface area contributed by atoms with Crippen molar-refractivity contribution >= 4 is 5.91 Å². The van der Waals surface area contributed by atoms with E-state index in [1.54, 1.807) is 7.05 Å². The largest absolute Gasteiger partial charge is 0.392 e. The molecule has 1 amide bonds. The summed E-state index contributed by atoms with van der Waals surface area (Å²) in [6.07, 6.45) is 4.44. The molecule has 0 aromatic rings. The molecular formula is C9H17NO2. The Labute approximate surface area is 73.2 Å². The van der Waals surface area contributed by atoms with Crippen molar-refractivity contribution in [3.63, 3.8) is 0 Å². The van der Waals surface area contributed by atoms with Gasteiger partial charge in [0, 0.05) is 7.05 Å². The zero-order chi connectivity index (χ0) is 8.97. The highest BCUT2D eigenvalue weighted by Gasteiger charge is 2.26. The van der Waals surface area contributed by atoms with Crippen LogP contribution in [0.4, 0.5) is 0 Å². The molecule has 0 heterocycles. The van der Waals surface area contributed by atoms with E-state index in [4.69, 9.17) is 0 Å². The van der Waals surface area contributed by atoms with Crippen LogP contribution in [0.25, 0.3) is 0 Å². The van der Waals surface area contributed by atoms with Crippen LogP contribution >= 0.6 is 0 Å². The Balaban J connectivity index is 2.52. The molecule has 0 aromatic heterocycles. The van der Waals surface area contributed by atoms with Gasteiger partial charge in [-0.2, -0.15) is 0 Å². The maximum atomic E-state index is 11.3. The second-order valence-electron chi connectivity index (χ2n) is 3.43. The highest BCUT2D eigenvalue weighted by atomic mass is 16.3. The highest BCUT2D eigenvalue weighted by Crippen LogP contribution is 2.23. The minimum atomic E-state index is -0.424. The molecule has 0 radical (unpaired) electrons. The SMILES string of the molecule is CNC(=O)C1CCCCCC1O. The van der Waals surface area contributed by atoms with Gasteiger partial charge < -0.3 is 10.4 Å². The summed E-state index contributed by atoms with van der Waals surface area (Å²) in [7, 11) is 1.62. The van der Waals surface area contributed by atoms with E-state index >= 15 is 0 Å². The number of carbonyl (C=O) groups is 1. The van der Waals surface area contributed by atoms with E-state index in [2.05, 4.69) is 5.32 Å². The molecule has 0 spiro atoms. The van der Waals surface area contributed by atoms with Gasteiger partial charge in [-0.05, 0) is 12.8 Å². The Morgan fingerprint density at radius 1 is 1.33 bits per heavy atom. The summed E-state index contributed by atoms with van der Waals surface area (Å²) in [5.41, 5.74) is 0. The number of carbonyl (C=O) groups excluding carboxylic acids is 1. The molecule has 1 aliphatic rings. The van der Waals surface area contributed by atoms with Crippen molar-refractivity contribution in [2.24, 2.45) is 5.92 Å².